The molecule has 2 rings (SSSR count). The van der Waals surface area contributed by atoms with Gasteiger partial charge in [0.25, 0.3) is 0 Å². The molecule has 0 spiro atoms. The van der Waals surface area contributed by atoms with E-state index in [0.717, 1.165) is 24.2 Å². The number of benzene rings is 1. The minimum Gasteiger partial charge on any atom is -0.489 e. The van der Waals surface area contributed by atoms with Crippen molar-refractivity contribution in [3.8, 4) is 5.75 Å². The molecule has 0 saturated heterocycles. The number of hydrogen-bond donors (Lipinski definition) is 3. The average Bonchev–Trinajstić information content (AvgIpc) is 3.41. The Labute approximate surface area is 167 Å². The number of nitrogens with one attached hydrogen (secondary N) is 3. The molecule has 25 heavy (non-hydrogen) atoms. The summed E-state index contributed by atoms with van der Waals surface area (Å²) in [4.78, 5) is 15.7. The zero-order valence-electron chi connectivity index (χ0n) is 15.2. The smallest absolute Gasteiger partial charge is 0.223 e. The number of aryl methyl sites for hydroxylation is 1. The highest BCUT2D eigenvalue weighted by Crippen LogP contribution is 2.28. The van der Waals surface area contributed by atoms with Crippen LogP contribution in [0.2, 0.25) is 0 Å². The number of hydrogen-bond acceptors (Lipinski definition) is 3. The van der Waals surface area contributed by atoms with Crippen LogP contribution in [-0.4, -0.2) is 44.7 Å². The van der Waals surface area contributed by atoms with Crippen LogP contribution in [0.25, 0.3) is 0 Å². The van der Waals surface area contributed by atoms with Gasteiger partial charge in [-0.05, 0) is 38.3 Å². The first-order chi connectivity index (χ1) is 11.6. The summed E-state index contributed by atoms with van der Waals surface area (Å²) in [5.41, 5.74) is 1.12. The summed E-state index contributed by atoms with van der Waals surface area (Å²) in [7, 11) is 1.73. The van der Waals surface area contributed by atoms with Crippen molar-refractivity contribution in [1.82, 2.24) is 16.0 Å². The third kappa shape index (κ3) is 7.94. The van der Waals surface area contributed by atoms with E-state index in [4.69, 9.17) is 4.74 Å². The fourth-order valence-electron chi connectivity index (χ4n) is 2.26. The molecule has 1 atom stereocenters. The Morgan fingerprint density at radius 2 is 1.92 bits per heavy atom. The molecule has 1 fully saturated rings. The van der Waals surface area contributed by atoms with Crippen molar-refractivity contribution < 1.29 is 9.53 Å². The Kier molecular flexibility index (Phi) is 9.62. The Bertz CT molecular complexity index is 576. The van der Waals surface area contributed by atoms with Crippen molar-refractivity contribution in [2.45, 2.75) is 32.8 Å². The summed E-state index contributed by atoms with van der Waals surface area (Å²) >= 11 is 0. The quantitative estimate of drug-likeness (QED) is 0.240. The van der Waals surface area contributed by atoms with E-state index < -0.39 is 0 Å². The molecule has 0 bridgehead atoms. The van der Waals surface area contributed by atoms with Crippen molar-refractivity contribution in [3.05, 3.63) is 29.8 Å². The molecular weight excluding hydrogens is 431 g/mol. The fraction of sp³-hybridized carbons (Fsp3) is 0.556. The van der Waals surface area contributed by atoms with Crippen LogP contribution in [0, 0.1) is 12.8 Å². The lowest BCUT2D eigenvalue weighted by Gasteiger charge is -2.18. The van der Waals surface area contributed by atoms with Crippen LogP contribution >= 0.6 is 24.0 Å². The summed E-state index contributed by atoms with van der Waals surface area (Å²) in [6, 6.07) is 7.98. The van der Waals surface area contributed by atoms with Gasteiger partial charge in [-0.3, -0.25) is 9.79 Å². The van der Waals surface area contributed by atoms with Crippen LogP contribution in [-0.2, 0) is 4.79 Å². The lowest BCUT2D eigenvalue weighted by molar-refractivity contribution is -0.122. The predicted molar refractivity (Wildman–Crippen MR) is 112 cm³/mol. The van der Waals surface area contributed by atoms with Crippen LogP contribution < -0.4 is 20.7 Å². The number of rotatable bonds is 8. The number of aliphatic imine (C=N–C) groups is 1. The number of ether oxygens (including phenoxy) is 1. The van der Waals surface area contributed by atoms with E-state index in [0.29, 0.717) is 25.6 Å². The third-order valence-corrected chi connectivity index (χ3v) is 3.87. The second-order valence-corrected chi connectivity index (χ2v) is 6.14. The summed E-state index contributed by atoms with van der Waals surface area (Å²) in [5, 5.41) is 9.34. The van der Waals surface area contributed by atoms with Crippen LogP contribution in [0.15, 0.2) is 29.3 Å². The molecule has 6 nitrogen and oxygen atoms in total. The van der Waals surface area contributed by atoms with E-state index >= 15 is 0 Å². The maximum Gasteiger partial charge on any atom is 0.223 e. The normalized spacial score (nSPS) is 14.9. The van der Waals surface area contributed by atoms with Gasteiger partial charge in [0.05, 0.1) is 6.54 Å². The molecule has 1 amide bonds. The molecule has 1 aliphatic carbocycles. The van der Waals surface area contributed by atoms with E-state index in [1.165, 1.54) is 0 Å². The number of guanidine groups is 1. The zero-order chi connectivity index (χ0) is 17.4. The Hall–Kier alpha value is -1.51. The Morgan fingerprint density at radius 3 is 2.56 bits per heavy atom. The summed E-state index contributed by atoms with van der Waals surface area (Å²) in [5.74, 6) is 2.02. The molecule has 0 aromatic heterocycles. The molecule has 1 aromatic rings. The van der Waals surface area contributed by atoms with Crippen LogP contribution in [0.1, 0.15) is 25.3 Å². The predicted octanol–water partition coefficient (Wildman–Crippen LogP) is 2.07. The molecule has 3 N–H and O–H groups in total. The van der Waals surface area contributed by atoms with Gasteiger partial charge in [0.1, 0.15) is 11.9 Å². The van der Waals surface area contributed by atoms with E-state index in [1.54, 1.807) is 7.05 Å². The van der Waals surface area contributed by atoms with Crippen LogP contribution in [0.3, 0.4) is 0 Å². The molecular formula is C18H29IN4O2. The van der Waals surface area contributed by atoms with Crippen LogP contribution in [0.5, 0.6) is 5.75 Å². The number of para-hydroxylation sites is 1. The van der Waals surface area contributed by atoms with Crippen molar-refractivity contribution in [2.75, 3.05) is 26.7 Å². The first kappa shape index (κ1) is 21.5. The molecule has 1 saturated carbocycles. The van der Waals surface area contributed by atoms with Crippen LogP contribution in [0.4, 0.5) is 0 Å². The highest BCUT2D eigenvalue weighted by Gasteiger charge is 2.28. The summed E-state index contributed by atoms with van der Waals surface area (Å²) in [6.45, 7) is 5.94. The molecule has 0 radical (unpaired) electrons. The number of carbonyl (C=O) groups is 1. The number of nitrogens with zero attached hydrogens (tertiary/aromatic N) is 1. The van der Waals surface area contributed by atoms with Crippen molar-refractivity contribution in [1.29, 1.82) is 0 Å². The standard InChI is InChI=1S/C18H28N4O2.HI/c1-13-6-4-5-7-16(13)24-14(2)12-22-18(19-3)21-11-10-20-17(23)15-8-9-15;/h4-7,14-15H,8-12H2,1-3H3,(H,20,23)(H2,19,21,22);1H. The highest BCUT2D eigenvalue weighted by atomic mass is 127. The van der Waals surface area contributed by atoms with E-state index in [2.05, 4.69) is 20.9 Å². The van der Waals surface area contributed by atoms with Gasteiger partial charge >= 0.3 is 0 Å². The lowest BCUT2D eigenvalue weighted by Crippen LogP contribution is -2.44. The van der Waals surface area contributed by atoms with Gasteiger partial charge in [-0.1, -0.05) is 18.2 Å². The fourth-order valence-corrected chi connectivity index (χ4v) is 2.26. The van der Waals surface area contributed by atoms with Gasteiger partial charge in [-0.2, -0.15) is 0 Å². The van der Waals surface area contributed by atoms with Gasteiger partial charge in [0, 0.05) is 26.1 Å². The van der Waals surface area contributed by atoms with Crippen molar-refractivity contribution in [3.63, 3.8) is 0 Å². The van der Waals surface area contributed by atoms with Gasteiger partial charge in [-0.15, -0.1) is 24.0 Å². The van der Waals surface area contributed by atoms with Crippen molar-refractivity contribution >= 4 is 35.8 Å². The summed E-state index contributed by atoms with van der Waals surface area (Å²) in [6.07, 6.45) is 2.07. The molecule has 0 heterocycles. The Balaban J connectivity index is 0.00000312. The third-order valence-electron chi connectivity index (χ3n) is 3.87. The molecule has 0 aliphatic heterocycles. The summed E-state index contributed by atoms with van der Waals surface area (Å²) < 4.78 is 5.93. The minimum absolute atomic E-state index is 0. The molecule has 7 heteroatoms. The lowest BCUT2D eigenvalue weighted by atomic mass is 10.2. The maximum absolute atomic E-state index is 11.5. The van der Waals surface area contributed by atoms with Gasteiger partial charge in [0.2, 0.25) is 5.91 Å². The largest absolute Gasteiger partial charge is 0.489 e. The van der Waals surface area contributed by atoms with E-state index in [9.17, 15) is 4.79 Å². The zero-order valence-corrected chi connectivity index (χ0v) is 17.5. The molecule has 1 aliphatic rings. The number of halogens is 1. The first-order valence-corrected chi connectivity index (χ1v) is 8.54. The second kappa shape index (κ2) is 11.2. The number of carbonyl (C=O) groups excluding carboxylic acids is 1. The molecule has 140 valence electrons. The van der Waals surface area contributed by atoms with Crippen molar-refractivity contribution in [2.24, 2.45) is 10.9 Å². The van der Waals surface area contributed by atoms with Gasteiger partial charge < -0.3 is 20.7 Å². The highest BCUT2D eigenvalue weighted by molar-refractivity contribution is 14.0. The van der Waals surface area contributed by atoms with Gasteiger partial charge in [-0.25, -0.2) is 0 Å². The first-order valence-electron chi connectivity index (χ1n) is 8.54. The average molecular weight is 460 g/mol. The SMILES string of the molecule is CN=C(NCCNC(=O)C1CC1)NCC(C)Oc1ccccc1C.I. The van der Waals surface area contributed by atoms with Gasteiger partial charge in [0.15, 0.2) is 5.96 Å². The Morgan fingerprint density at radius 1 is 1.24 bits per heavy atom. The monoisotopic (exact) mass is 460 g/mol. The number of amides is 1. The molecule has 1 unspecified atom stereocenters. The minimum atomic E-state index is 0. The maximum atomic E-state index is 11.5. The second-order valence-electron chi connectivity index (χ2n) is 6.14. The molecule has 1 aromatic carbocycles. The van der Waals surface area contributed by atoms with E-state index in [1.807, 2.05) is 38.1 Å². The topological polar surface area (TPSA) is 74.8 Å². The van der Waals surface area contributed by atoms with E-state index in [-0.39, 0.29) is 41.9 Å².